The number of halogens is 3. The number of nitriles is 1. The molecule has 0 amide bonds. The topological polar surface area (TPSA) is 108 Å². The van der Waals surface area contributed by atoms with E-state index in [-0.39, 0.29) is 22.9 Å². The quantitative estimate of drug-likeness (QED) is 0.243. The van der Waals surface area contributed by atoms with Crippen LogP contribution in [-0.2, 0) is 28.7 Å². The van der Waals surface area contributed by atoms with Gasteiger partial charge >= 0.3 is 17.8 Å². The predicted octanol–water partition coefficient (Wildman–Crippen LogP) is 4.88. The Balaban J connectivity index is 1.66. The van der Waals surface area contributed by atoms with E-state index in [0.717, 1.165) is 23.4 Å². The molecule has 1 aliphatic heterocycles. The van der Waals surface area contributed by atoms with E-state index in [1.807, 2.05) is 31.3 Å². The second-order valence-corrected chi connectivity index (χ2v) is 10.1. The molecule has 1 aliphatic rings. The van der Waals surface area contributed by atoms with Gasteiger partial charge in [-0.2, -0.15) is 18.4 Å². The number of rotatable bonds is 7. The number of pyridine rings is 1. The first-order valence-electron chi connectivity index (χ1n) is 13.5. The highest BCUT2D eigenvalue weighted by atomic mass is 19.4. The Bertz CT molecular complexity index is 1830. The number of benzene rings is 2. The average Bonchev–Trinajstić information content (AvgIpc) is 3.37. The number of aromatic nitrogens is 4. The van der Waals surface area contributed by atoms with Gasteiger partial charge in [-0.05, 0) is 54.8 Å². The Morgan fingerprint density at radius 2 is 1.93 bits per heavy atom. The van der Waals surface area contributed by atoms with E-state index < -0.39 is 29.4 Å². The van der Waals surface area contributed by atoms with Crippen molar-refractivity contribution < 1.29 is 27.3 Å². The number of hydrogen-bond donors (Lipinski definition) is 1. The number of carbonyl (C=O) groups excluding carboxylic acids is 1. The largest absolute Gasteiger partial charge is 0.466 e. The van der Waals surface area contributed by atoms with Crippen LogP contribution in [0.25, 0.3) is 0 Å². The van der Waals surface area contributed by atoms with E-state index in [2.05, 4.69) is 20.8 Å². The van der Waals surface area contributed by atoms with Crippen LogP contribution in [-0.4, -0.2) is 27.8 Å². The number of nitrogens with zero attached hydrogens (tertiary/aromatic N) is 5. The highest BCUT2D eigenvalue weighted by molar-refractivity contribution is 5.93. The van der Waals surface area contributed by atoms with Crippen LogP contribution in [0.2, 0.25) is 0 Å². The van der Waals surface area contributed by atoms with Crippen molar-refractivity contribution >= 4 is 17.6 Å². The monoisotopic (exact) mass is 589 g/mol. The van der Waals surface area contributed by atoms with Crippen molar-refractivity contribution in [1.29, 1.82) is 5.26 Å². The molecule has 12 heteroatoms. The van der Waals surface area contributed by atoms with Crippen LogP contribution in [0.5, 0.6) is 0 Å². The van der Waals surface area contributed by atoms with E-state index >= 15 is 0 Å². The molecule has 0 spiro atoms. The maximum atomic E-state index is 13.6. The zero-order valence-electron chi connectivity index (χ0n) is 23.6. The van der Waals surface area contributed by atoms with Crippen LogP contribution in [0.4, 0.5) is 24.8 Å². The summed E-state index contributed by atoms with van der Waals surface area (Å²) >= 11 is 0. The molecule has 0 saturated heterocycles. The molecular formula is C31H28F3N6O3+. The summed E-state index contributed by atoms with van der Waals surface area (Å²) in [5, 5.41) is 16.2. The fourth-order valence-corrected chi connectivity index (χ4v) is 5.49. The minimum absolute atomic E-state index is 0.00486. The third-order valence-corrected chi connectivity index (χ3v) is 7.56. The number of hydrogen-bond acceptors (Lipinski definition) is 6. The molecule has 1 N–H and O–H groups in total. The molecule has 220 valence electrons. The molecule has 5 rings (SSSR count). The number of aryl methyl sites for hydroxylation is 3. The van der Waals surface area contributed by atoms with Crippen LogP contribution in [0.3, 0.4) is 0 Å². The van der Waals surface area contributed by atoms with Crippen molar-refractivity contribution in [3.63, 3.8) is 0 Å². The van der Waals surface area contributed by atoms with Crippen LogP contribution in [0, 0.1) is 18.3 Å². The molecule has 1 atom stereocenters. The highest BCUT2D eigenvalue weighted by Gasteiger charge is 2.41. The smallest absolute Gasteiger partial charge is 0.416 e. The van der Waals surface area contributed by atoms with Gasteiger partial charge in [-0.3, -0.25) is 4.90 Å². The van der Waals surface area contributed by atoms with Gasteiger partial charge in [-0.25, -0.2) is 23.8 Å². The van der Waals surface area contributed by atoms with Crippen LogP contribution in [0.15, 0.2) is 82.9 Å². The molecule has 0 saturated carbocycles. The van der Waals surface area contributed by atoms with E-state index in [0.29, 0.717) is 30.5 Å². The van der Waals surface area contributed by atoms with Crippen molar-refractivity contribution in [1.82, 2.24) is 14.8 Å². The average molecular weight is 590 g/mol. The number of esters is 1. The fourth-order valence-electron chi connectivity index (χ4n) is 5.49. The number of fused-ring (bicyclic) bond motifs is 1. The van der Waals surface area contributed by atoms with E-state index in [1.165, 1.54) is 28.7 Å². The molecule has 0 fully saturated rings. The lowest BCUT2D eigenvalue weighted by Crippen LogP contribution is -2.38. The van der Waals surface area contributed by atoms with E-state index in [9.17, 15) is 28.0 Å². The second kappa shape index (κ2) is 11.6. The van der Waals surface area contributed by atoms with E-state index in [4.69, 9.17) is 4.74 Å². The lowest BCUT2D eigenvalue weighted by Gasteiger charge is -2.36. The van der Waals surface area contributed by atoms with Crippen molar-refractivity contribution in [3.05, 3.63) is 117 Å². The van der Waals surface area contributed by atoms with Crippen molar-refractivity contribution in [2.24, 2.45) is 0 Å². The number of methoxy groups -OCH3 is 1. The molecule has 0 aliphatic carbocycles. The molecule has 2 aromatic carbocycles. The summed E-state index contributed by atoms with van der Waals surface area (Å²) in [4.78, 5) is 28.0. The molecule has 2 aromatic heterocycles. The van der Waals surface area contributed by atoms with Gasteiger partial charge < -0.3 is 4.74 Å². The number of ether oxygens (including phenoxy) is 1. The standard InChI is InChI=1S/C31H27F3N6O3/c1-19-8-4-5-14-38(19)15-7-9-22-16-21(18-35)12-13-25(22)27-26(28(41)43-3)20(2)39(29-36-37-30(42)40(27)29)24-11-6-10-23(17-24)31(32,33)34/h4-6,8,10-14,16-17,27H,7,9,15H2,1-3H3/p+1. The fraction of sp³-hybridized carbons (Fsp3) is 0.258. The molecule has 0 bridgehead atoms. The molecule has 3 heterocycles. The summed E-state index contributed by atoms with van der Waals surface area (Å²) in [6.07, 6.45) is -1.44. The lowest BCUT2D eigenvalue weighted by atomic mass is 9.88. The Morgan fingerprint density at radius 1 is 1.14 bits per heavy atom. The minimum atomic E-state index is -4.61. The number of H-pyrrole nitrogens is 1. The summed E-state index contributed by atoms with van der Waals surface area (Å²) in [7, 11) is 1.20. The Kier molecular flexibility index (Phi) is 7.91. The number of anilines is 2. The Labute approximate surface area is 245 Å². The Morgan fingerprint density at radius 3 is 2.63 bits per heavy atom. The Hall–Kier alpha value is -5.18. The summed E-state index contributed by atoms with van der Waals surface area (Å²) in [5.74, 6) is -0.755. The predicted molar refractivity (Wildman–Crippen MR) is 150 cm³/mol. The van der Waals surface area contributed by atoms with Crippen LogP contribution >= 0.6 is 0 Å². The molecular weight excluding hydrogens is 561 g/mol. The van der Waals surface area contributed by atoms with Crippen molar-refractivity contribution in [2.45, 2.75) is 45.5 Å². The lowest BCUT2D eigenvalue weighted by molar-refractivity contribution is -0.703. The third-order valence-electron chi connectivity index (χ3n) is 7.56. The van der Waals surface area contributed by atoms with Gasteiger partial charge in [0.15, 0.2) is 11.9 Å². The number of allylic oxidation sites excluding steroid dienone is 1. The summed E-state index contributed by atoms with van der Waals surface area (Å²) in [6, 6.07) is 16.6. The van der Waals surface area contributed by atoms with Gasteiger partial charge in [-0.1, -0.05) is 18.2 Å². The zero-order chi connectivity index (χ0) is 30.9. The van der Waals surface area contributed by atoms with Crippen molar-refractivity contribution in [2.75, 3.05) is 12.0 Å². The molecule has 4 aromatic rings. The number of aromatic amines is 1. The SMILES string of the molecule is COC(=O)C1=C(C)N(c2cccc(C(F)(F)F)c2)c2n[nH]c(=O)n2C1c1ccc(C#N)cc1CCC[n+]1ccccc1C. The number of nitrogens with one attached hydrogen (secondary N) is 1. The van der Waals surface area contributed by atoms with Gasteiger partial charge in [0.1, 0.15) is 12.6 Å². The number of carbonyl (C=O) groups is 1. The van der Waals surface area contributed by atoms with Gasteiger partial charge in [-0.15, -0.1) is 5.10 Å². The number of alkyl halides is 3. The van der Waals surface area contributed by atoms with E-state index in [1.54, 1.807) is 25.1 Å². The minimum Gasteiger partial charge on any atom is -0.466 e. The molecule has 9 nitrogen and oxygen atoms in total. The van der Waals surface area contributed by atoms with Gasteiger partial charge in [0.25, 0.3) is 0 Å². The first-order chi connectivity index (χ1) is 20.5. The van der Waals surface area contributed by atoms with Crippen molar-refractivity contribution in [3.8, 4) is 6.07 Å². The van der Waals surface area contributed by atoms with Gasteiger partial charge in [0.2, 0.25) is 5.95 Å². The molecule has 43 heavy (non-hydrogen) atoms. The first-order valence-corrected chi connectivity index (χ1v) is 13.5. The first kappa shape index (κ1) is 29.3. The third kappa shape index (κ3) is 5.53. The maximum Gasteiger partial charge on any atom is 0.416 e. The zero-order valence-corrected chi connectivity index (χ0v) is 23.6. The summed E-state index contributed by atoms with van der Waals surface area (Å²) < 4.78 is 49.3. The molecule has 1 unspecified atom stereocenters. The van der Waals surface area contributed by atoms with Gasteiger partial charge in [0, 0.05) is 36.9 Å². The van der Waals surface area contributed by atoms with Crippen LogP contribution < -0.4 is 15.2 Å². The summed E-state index contributed by atoms with van der Waals surface area (Å²) in [6.45, 7) is 4.26. The highest BCUT2D eigenvalue weighted by Crippen LogP contribution is 2.43. The molecule has 0 radical (unpaired) electrons. The maximum absolute atomic E-state index is 13.6. The van der Waals surface area contributed by atoms with Gasteiger partial charge in [0.05, 0.1) is 29.9 Å². The summed E-state index contributed by atoms with van der Waals surface area (Å²) in [5.41, 5.74) is 1.58. The normalized spacial score (nSPS) is 14.8. The second-order valence-electron chi connectivity index (χ2n) is 10.1. The van der Waals surface area contributed by atoms with Crippen LogP contribution in [0.1, 0.15) is 47.3 Å².